The van der Waals surface area contributed by atoms with E-state index in [2.05, 4.69) is 19.9 Å². The van der Waals surface area contributed by atoms with Crippen molar-refractivity contribution in [3.63, 3.8) is 0 Å². The van der Waals surface area contributed by atoms with Gasteiger partial charge in [0.1, 0.15) is 0 Å². The van der Waals surface area contributed by atoms with Crippen LogP contribution in [0, 0.1) is 0 Å². The Morgan fingerprint density at radius 1 is 1.00 bits per heavy atom. The fourth-order valence-corrected chi connectivity index (χ4v) is 1.83. The highest BCUT2D eigenvalue weighted by Gasteiger charge is 2.08. The van der Waals surface area contributed by atoms with Gasteiger partial charge in [-0.2, -0.15) is 0 Å². The van der Waals surface area contributed by atoms with Crippen molar-refractivity contribution in [1.82, 2.24) is 0 Å². The minimum absolute atomic E-state index is 0.141. The van der Waals surface area contributed by atoms with Crippen LogP contribution in [-0.4, -0.2) is 13.1 Å². The van der Waals surface area contributed by atoms with E-state index in [4.69, 9.17) is 4.74 Å². The zero-order valence-electron chi connectivity index (χ0n) is 11.8. The maximum atomic E-state index is 11.5. The average molecular weight is 240 g/mol. The van der Waals surface area contributed by atoms with Crippen LogP contribution in [0.1, 0.15) is 71.6 Å². The molecule has 0 atom stereocenters. The van der Waals surface area contributed by atoms with Crippen molar-refractivity contribution in [1.29, 1.82) is 0 Å². The number of hydrogen-bond donors (Lipinski definition) is 0. The lowest BCUT2D eigenvalue weighted by Gasteiger charge is -2.05. The Morgan fingerprint density at radius 2 is 1.65 bits per heavy atom. The van der Waals surface area contributed by atoms with Crippen LogP contribution in [0.25, 0.3) is 0 Å². The molecule has 0 saturated heterocycles. The molecule has 0 aliphatic heterocycles. The van der Waals surface area contributed by atoms with E-state index in [-0.39, 0.29) is 5.97 Å². The molecule has 100 valence electrons. The number of rotatable bonds is 10. The number of unbranched alkanes of at least 4 members (excludes halogenated alkanes) is 6. The number of allylic oxidation sites excluding steroid dienone is 1. The van der Waals surface area contributed by atoms with Crippen LogP contribution in [-0.2, 0) is 9.53 Å². The van der Waals surface area contributed by atoms with Gasteiger partial charge in [0, 0.05) is 5.57 Å². The third-order valence-corrected chi connectivity index (χ3v) is 2.95. The Morgan fingerprint density at radius 3 is 2.24 bits per heavy atom. The largest absolute Gasteiger partial charge is 0.466 e. The van der Waals surface area contributed by atoms with Gasteiger partial charge in [-0.15, -0.1) is 0 Å². The second kappa shape index (κ2) is 11.7. The molecule has 0 amide bonds. The standard InChI is InChI=1S/C15H28O2/c1-4-6-8-10-12-14(15(16)17-3)13-11-9-7-5-2/h12H,4-11,13H2,1-3H3/b14-12-. The summed E-state index contributed by atoms with van der Waals surface area (Å²) in [6.07, 6.45) is 12.4. The third kappa shape index (κ3) is 8.96. The molecule has 2 heteroatoms. The summed E-state index contributed by atoms with van der Waals surface area (Å²) in [5.41, 5.74) is 0.875. The molecule has 0 radical (unpaired) electrons. The quantitative estimate of drug-likeness (QED) is 0.316. The first kappa shape index (κ1) is 16.2. The minimum atomic E-state index is -0.141. The number of carbonyl (C=O) groups excluding carboxylic acids is 1. The molecular weight excluding hydrogens is 212 g/mol. The first-order chi connectivity index (χ1) is 8.26. The van der Waals surface area contributed by atoms with E-state index in [1.807, 2.05) is 0 Å². The first-order valence-corrected chi connectivity index (χ1v) is 7.03. The maximum absolute atomic E-state index is 11.5. The molecule has 0 aliphatic carbocycles. The summed E-state index contributed by atoms with van der Waals surface area (Å²) >= 11 is 0. The molecule has 0 N–H and O–H groups in total. The summed E-state index contributed by atoms with van der Waals surface area (Å²) in [5.74, 6) is -0.141. The number of carbonyl (C=O) groups is 1. The van der Waals surface area contributed by atoms with E-state index in [9.17, 15) is 4.79 Å². The fraction of sp³-hybridized carbons (Fsp3) is 0.800. The van der Waals surface area contributed by atoms with E-state index in [1.165, 1.54) is 45.6 Å². The van der Waals surface area contributed by atoms with Gasteiger partial charge in [0.05, 0.1) is 7.11 Å². The van der Waals surface area contributed by atoms with Gasteiger partial charge in [-0.25, -0.2) is 4.79 Å². The van der Waals surface area contributed by atoms with Crippen LogP contribution >= 0.6 is 0 Å². The van der Waals surface area contributed by atoms with Crippen molar-refractivity contribution >= 4 is 5.97 Å². The topological polar surface area (TPSA) is 26.3 Å². The highest BCUT2D eigenvalue weighted by molar-refractivity contribution is 5.88. The minimum Gasteiger partial charge on any atom is -0.466 e. The molecule has 17 heavy (non-hydrogen) atoms. The van der Waals surface area contributed by atoms with Gasteiger partial charge in [0.2, 0.25) is 0 Å². The van der Waals surface area contributed by atoms with Crippen molar-refractivity contribution in [2.45, 2.75) is 71.6 Å². The highest BCUT2D eigenvalue weighted by Crippen LogP contribution is 2.13. The smallest absolute Gasteiger partial charge is 0.333 e. The van der Waals surface area contributed by atoms with Gasteiger partial charge in [0.25, 0.3) is 0 Å². The average Bonchev–Trinajstić information content (AvgIpc) is 2.36. The second-order valence-corrected chi connectivity index (χ2v) is 4.53. The highest BCUT2D eigenvalue weighted by atomic mass is 16.5. The Labute approximate surface area is 106 Å². The van der Waals surface area contributed by atoms with Gasteiger partial charge in [0.15, 0.2) is 0 Å². The predicted molar refractivity (Wildman–Crippen MR) is 73.0 cm³/mol. The van der Waals surface area contributed by atoms with Gasteiger partial charge in [-0.1, -0.05) is 52.0 Å². The monoisotopic (exact) mass is 240 g/mol. The van der Waals surface area contributed by atoms with E-state index < -0.39 is 0 Å². The summed E-state index contributed by atoms with van der Waals surface area (Å²) in [6, 6.07) is 0. The molecule has 0 bridgehead atoms. The molecule has 0 aromatic rings. The first-order valence-electron chi connectivity index (χ1n) is 7.03. The van der Waals surface area contributed by atoms with Crippen molar-refractivity contribution in [2.75, 3.05) is 7.11 Å². The van der Waals surface area contributed by atoms with Gasteiger partial charge >= 0.3 is 5.97 Å². The van der Waals surface area contributed by atoms with Crippen LogP contribution in [0.3, 0.4) is 0 Å². The Hall–Kier alpha value is -0.790. The molecule has 0 heterocycles. The van der Waals surface area contributed by atoms with Crippen LogP contribution in [0.5, 0.6) is 0 Å². The molecule has 0 unspecified atom stereocenters. The van der Waals surface area contributed by atoms with Crippen molar-refractivity contribution < 1.29 is 9.53 Å². The van der Waals surface area contributed by atoms with Crippen molar-refractivity contribution in [2.24, 2.45) is 0 Å². The Bertz CT molecular complexity index is 219. The summed E-state index contributed by atoms with van der Waals surface area (Å²) in [7, 11) is 1.47. The van der Waals surface area contributed by atoms with Crippen molar-refractivity contribution in [3.05, 3.63) is 11.6 Å². The molecule has 0 aromatic carbocycles. The zero-order chi connectivity index (χ0) is 12.9. The molecular formula is C15H28O2. The molecule has 2 nitrogen and oxygen atoms in total. The third-order valence-electron chi connectivity index (χ3n) is 2.95. The van der Waals surface area contributed by atoms with Crippen LogP contribution in [0.15, 0.2) is 11.6 Å². The maximum Gasteiger partial charge on any atom is 0.333 e. The summed E-state index contributed by atoms with van der Waals surface area (Å²) < 4.78 is 4.82. The van der Waals surface area contributed by atoms with Crippen molar-refractivity contribution in [3.8, 4) is 0 Å². The molecule has 0 aliphatic rings. The predicted octanol–water partition coefficient (Wildman–Crippen LogP) is 4.64. The summed E-state index contributed by atoms with van der Waals surface area (Å²) in [5, 5.41) is 0. The van der Waals surface area contributed by atoms with Gasteiger partial charge < -0.3 is 4.74 Å². The van der Waals surface area contributed by atoms with E-state index in [0.717, 1.165) is 24.8 Å². The van der Waals surface area contributed by atoms with Gasteiger partial charge in [-0.05, 0) is 25.7 Å². The second-order valence-electron chi connectivity index (χ2n) is 4.53. The van der Waals surface area contributed by atoms with Gasteiger partial charge in [-0.3, -0.25) is 0 Å². The molecule has 0 rings (SSSR count). The number of esters is 1. The van der Waals surface area contributed by atoms with E-state index >= 15 is 0 Å². The lowest BCUT2D eigenvalue weighted by molar-refractivity contribution is -0.136. The number of ether oxygens (including phenoxy) is 1. The SMILES string of the molecule is CCCCC/C=C(/CCCCCC)C(=O)OC. The normalized spacial score (nSPS) is 11.6. The Kier molecular flexibility index (Phi) is 11.1. The van der Waals surface area contributed by atoms with Crippen LogP contribution < -0.4 is 0 Å². The lowest BCUT2D eigenvalue weighted by Crippen LogP contribution is -2.05. The lowest BCUT2D eigenvalue weighted by atomic mass is 10.0. The Balaban J connectivity index is 3.99. The number of methoxy groups -OCH3 is 1. The summed E-state index contributed by atoms with van der Waals surface area (Å²) in [6.45, 7) is 4.39. The number of hydrogen-bond acceptors (Lipinski definition) is 2. The fourth-order valence-electron chi connectivity index (χ4n) is 1.83. The molecule has 0 spiro atoms. The zero-order valence-corrected chi connectivity index (χ0v) is 11.8. The van der Waals surface area contributed by atoms with Crippen LogP contribution in [0.2, 0.25) is 0 Å². The molecule has 0 aromatic heterocycles. The van der Waals surface area contributed by atoms with E-state index in [0.29, 0.717) is 0 Å². The van der Waals surface area contributed by atoms with Crippen LogP contribution in [0.4, 0.5) is 0 Å². The molecule has 0 saturated carbocycles. The van der Waals surface area contributed by atoms with E-state index in [1.54, 1.807) is 0 Å². The molecule has 0 fully saturated rings. The summed E-state index contributed by atoms with van der Waals surface area (Å²) in [4.78, 5) is 11.5.